The molecular weight excluding hydrogens is 704 g/mol. The average Bonchev–Trinajstić information content (AvgIpc) is 3.62. The lowest BCUT2D eigenvalue weighted by Gasteiger charge is -2.25. The summed E-state index contributed by atoms with van der Waals surface area (Å²) in [6, 6.07) is 13.3. The second kappa shape index (κ2) is 18.3. The first-order valence-corrected chi connectivity index (χ1v) is 23.1. The quantitative estimate of drug-likeness (QED) is 0.0383. The van der Waals surface area contributed by atoms with Crippen molar-refractivity contribution >= 4 is 30.0 Å². The van der Waals surface area contributed by atoms with E-state index >= 15 is 0 Å². The van der Waals surface area contributed by atoms with Crippen LogP contribution in [0, 0.1) is 13.8 Å². The number of hydrogen-bond donors (Lipinski definition) is 0. The first kappa shape index (κ1) is 40.9. The van der Waals surface area contributed by atoms with Crippen molar-refractivity contribution in [2.24, 2.45) is 0 Å². The lowest BCUT2D eigenvalue weighted by Crippen LogP contribution is -2.34. The zero-order valence-corrected chi connectivity index (χ0v) is 33.6. The van der Waals surface area contributed by atoms with Gasteiger partial charge in [0.25, 0.3) is 10.0 Å². The number of esters is 1. The maximum Gasteiger partial charge on any atom is 0.356 e. The van der Waals surface area contributed by atoms with E-state index in [2.05, 4.69) is 31.7 Å². The third-order valence-electron chi connectivity index (χ3n) is 8.69. The Bertz CT molecular complexity index is 1920. The SMILES string of the molecule is CCCc1nc(CC)c(C(=O)OCC)n1Cc1ccc(-c2ccccc2S(=O)(=O)N(COCC[Si](C)(C)C)c2onc(C)c2C)c(COCCF)c1. The molecule has 11 nitrogen and oxygen atoms in total. The van der Waals surface area contributed by atoms with Gasteiger partial charge in [0.15, 0.2) is 5.69 Å². The number of aromatic nitrogens is 3. The lowest BCUT2D eigenvalue weighted by atomic mass is 9.97. The average molecular weight is 757 g/mol. The number of nitrogens with zero attached hydrogens (tertiary/aromatic N) is 4. The van der Waals surface area contributed by atoms with Crippen LogP contribution in [0.3, 0.4) is 0 Å². The van der Waals surface area contributed by atoms with E-state index in [1.807, 2.05) is 29.7 Å². The molecule has 0 aliphatic rings. The van der Waals surface area contributed by atoms with Crippen molar-refractivity contribution in [3.05, 3.63) is 82.1 Å². The Hall–Kier alpha value is -3.85. The largest absolute Gasteiger partial charge is 0.461 e. The minimum Gasteiger partial charge on any atom is -0.461 e. The van der Waals surface area contributed by atoms with Gasteiger partial charge in [-0.2, -0.15) is 0 Å². The number of carbonyl (C=O) groups is 1. The van der Waals surface area contributed by atoms with Crippen molar-refractivity contribution in [2.75, 3.05) is 37.5 Å². The number of imidazole rings is 1. The fourth-order valence-electron chi connectivity index (χ4n) is 5.79. The van der Waals surface area contributed by atoms with Gasteiger partial charge in [-0.05, 0) is 62.4 Å². The summed E-state index contributed by atoms with van der Waals surface area (Å²) in [5, 5.41) is 4.03. The predicted molar refractivity (Wildman–Crippen MR) is 203 cm³/mol. The monoisotopic (exact) mass is 756 g/mol. The fourth-order valence-corrected chi connectivity index (χ4v) is 8.09. The molecule has 52 heavy (non-hydrogen) atoms. The highest BCUT2D eigenvalue weighted by Gasteiger charge is 2.33. The van der Waals surface area contributed by atoms with Crippen molar-refractivity contribution in [2.45, 2.75) is 97.6 Å². The molecule has 0 fully saturated rings. The number of alkyl halides is 1. The van der Waals surface area contributed by atoms with E-state index in [1.54, 1.807) is 45.0 Å². The molecule has 0 N–H and O–H groups in total. The van der Waals surface area contributed by atoms with Gasteiger partial charge in [-0.15, -0.1) is 0 Å². The van der Waals surface area contributed by atoms with Crippen LogP contribution in [-0.4, -0.2) is 70.4 Å². The number of hydrogen-bond acceptors (Lipinski definition) is 9. The Morgan fingerprint density at radius 3 is 2.40 bits per heavy atom. The van der Waals surface area contributed by atoms with E-state index in [0.717, 1.165) is 28.2 Å². The van der Waals surface area contributed by atoms with Gasteiger partial charge in [0, 0.05) is 38.8 Å². The van der Waals surface area contributed by atoms with E-state index in [4.69, 9.17) is 23.7 Å². The summed E-state index contributed by atoms with van der Waals surface area (Å²) < 4.78 is 68.3. The molecule has 0 saturated heterocycles. The zero-order valence-electron chi connectivity index (χ0n) is 31.8. The zero-order chi connectivity index (χ0) is 38.1. The van der Waals surface area contributed by atoms with Crippen LogP contribution in [0.1, 0.15) is 71.6 Å². The van der Waals surface area contributed by atoms with Gasteiger partial charge < -0.3 is 23.3 Å². The van der Waals surface area contributed by atoms with Crippen LogP contribution in [0.15, 0.2) is 51.9 Å². The Morgan fingerprint density at radius 1 is 1.02 bits per heavy atom. The topological polar surface area (TPSA) is 126 Å². The van der Waals surface area contributed by atoms with E-state index < -0.39 is 30.7 Å². The molecule has 14 heteroatoms. The standard InChI is InChI=1S/C38H53FN4O7SSi/c1-9-14-35-40-33(10-2)36(38(44)49-11-3)42(35)24-29-17-18-31(30(23-29)25-47-20-19-39)32-15-12-13-16-34(32)51(45,46)43(26-48-21-22-52(6,7)8)37-27(4)28(5)41-50-37/h12-13,15-18,23H,9-11,14,19-22,24-26H2,1-8H3. The summed E-state index contributed by atoms with van der Waals surface area (Å²) in [7, 11) is -5.71. The summed E-state index contributed by atoms with van der Waals surface area (Å²) >= 11 is 0. The summed E-state index contributed by atoms with van der Waals surface area (Å²) in [5.41, 5.74) is 4.79. The van der Waals surface area contributed by atoms with Crippen LogP contribution in [-0.2, 0) is 50.2 Å². The van der Waals surface area contributed by atoms with Gasteiger partial charge in [-0.1, -0.05) is 75.0 Å². The predicted octanol–water partition coefficient (Wildman–Crippen LogP) is 7.89. The van der Waals surface area contributed by atoms with Crippen LogP contribution in [0.5, 0.6) is 0 Å². The van der Waals surface area contributed by atoms with Crippen molar-refractivity contribution in [1.82, 2.24) is 14.7 Å². The normalized spacial score (nSPS) is 12.0. The number of anilines is 1. The number of aryl methyl sites for hydroxylation is 3. The third-order valence-corrected chi connectivity index (χ3v) is 12.2. The molecule has 2 heterocycles. The fraction of sp³-hybridized carbons (Fsp3) is 0.500. The van der Waals surface area contributed by atoms with Crippen LogP contribution in [0.2, 0.25) is 25.7 Å². The number of sulfonamides is 1. The Balaban J connectivity index is 1.82. The molecule has 0 aliphatic carbocycles. The second-order valence-corrected chi connectivity index (χ2v) is 21.3. The van der Waals surface area contributed by atoms with Gasteiger partial charge >= 0.3 is 5.97 Å². The highest BCUT2D eigenvalue weighted by molar-refractivity contribution is 7.93. The molecule has 0 bridgehead atoms. The van der Waals surface area contributed by atoms with Gasteiger partial charge in [0.05, 0.1) is 36.1 Å². The molecule has 0 radical (unpaired) electrons. The van der Waals surface area contributed by atoms with E-state index in [9.17, 15) is 17.6 Å². The first-order chi connectivity index (χ1) is 24.8. The van der Waals surface area contributed by atoms with Gasteiger partial charge in [-0.25, -0.2) is 26.9 Å². The summed E-state index contributed by atoms with van der Waals surface area (Å²) in [5.74, 6) is 0.445. The summed E-state index contributed by atoms with van der Waals surface area (Å²) in [4.78, 5) is 18.0. The molecule has 0 atom stereocenters. The van der Waals surface area contributed by atoms with Gasteiger partial charge in [0.2, 0.25) is 5.88 Å². The van der Waals surface area contributed by atoms with Crippen molar-refractivity contribution in [3.63, 3.8) is 0 Å². The van der Waals surface area contributed by atoms with Crippen LogP contribution in [0.25, 0.3) is 11.1 Å². The van der Waals surface area contributed by atoms with E-state index in [1.165, 1.54) is 0 Å². The second-order valence-electron chi connectivity index (χ2n) is 13.9. The molecular formula is C38H53FN4O7SSi. The minimum atomic E-state index is -4.27. The number of ether oxygens (including phenoxy) is 3. The summed E-state index contributed by atoms with van der Waals surface area (Å²) in [6.45, 7) is 15.9. The van der Waals surface area contributed by atoms with Crippen LogP contribution in [0.4, 0.5) is 10.3 Å². The van der Waals surface area contributed by atoms with Gasteiger partial charge in [-0.3, -0.25) is 0 Å². The number of carbonyl (C=O) groups excluding carboxylic acids is 1. The number of benzene rings is 2. The molecule has 0 amide bonds. The molecule has 0 spiro atoms. The molecule has 0 saturated carbocycles. The summed E-state index contributed by atoms with van der Waals surface area (Å²) in [6.07, 6.45) is 2.07. The van der Waals surface area contributed by atoms with Crippen molar-refractivity contribution in [1.29, 1.82) is 0 Å². The van der Waals surface area contributed by atoms with E-state index in [-0.39, 0.29) is 37.3 Å². The molecule has 0 unspecified atom stereocenters. The molecule has 4 rings (SSSR count). The Kier molecular flexibility index (Phi) is 14.4. The minimum absolute atomic E-state index is 0.0298. The number of halogens is 1. The molecule has 284 valence electrons. The molecule has 4 aromatic rings. The Labute approximate surface area is 308 Å². The van der Waals surface area contributed by atoms with Gasteiger partial charge in [0.1, 0.15) is 19.2 Å². The molecule has 2 aromatic heterocycles. The highest BCUT2D eigenvalue weighted by atomic mass is 32.2. The highest BCUT2D eigenvalue weighted by Crippen LogP contribution is 2.36. The first-order valence-electron chi connectivity index (χ1n) is 17.9. The van der Waals surface area contributed by atoms with Crippen LogP contribution < -0.4 is 4.31 Å². The maximum absolute atomic E-state index is 14.7. The third kappa shape index (κ3) is 9.76. The smallest absolute Gasteiger partial charge is 0.356 e. The number of rotatable bonds is 20. The molecule has 0 aliphatic heterocycles. The maximum atomic E-state index is 14.7. The van der Waals surface area contributed by atoms with E-state index in [0.29, 0.717) is 65.3 Å². The van der Waals surface area contributed by atoms with Crippen molar-refractivity contribution < 1.29 is 36.3 Å². The lowest BCUT2D eigenvalue weighted by molar-refractivity contribution is 0.0512. The molecule has 2 aromatic carbocycles. The van der Waals surface area contributed by atoms with Crippen LogP contribution >= 0.6 is 0 Å². The Morgan fingerprint density at radius 2 is 1.77 bits per heavy atom. The van der Waals surface area contributed by atoms with Crippen molar-refractivity contribution in [3.8, 4) is 11.1 Å².